The number of likely N-dealkylation sites (tertiary alicyclic amines) is 1. The summed E-state index contributed by atoms with van der Waals surface area (Å²) in [5.41, 5.74) is 9.26. The molecule has 0 saturated carbocycles. The molecule has 1 fully saturated rings. The molecule has 2 aromatic heterocycles. The predicted molar refractivity (Wildman–Crippen MR) is 103 cm³/mol. The molecule has 1 aliphatic heterocycles. The van der Waals surface area contributed by atoms with Gasteiger partial charge >= 0.3 is 0 Å². The fourth-order valence-electron chi connectivity index (χ4n) is 3.42. The molecule has 3 aromatic rings. The highest BCUT2D eigenvalue weighted by molar-refractivity contribution is 5.71. The molecule has 0 amide bonds. The number of rotatable bonds is 6. The van der Waals surface area contributed by atoms with Crippen molar-refractivity contribution in [2.45, 2.75) is 12.8 Å². The molecule has 3 heterocycles. The van der Waals surface area contributed by atoms with E-state index >= 15 is 0 Å². The maximum atomic E-state index is 6.03. The summed E-state index contributed by atoms with van der Waals surface area (Å²) in [7, 11) is 1.61. The van der Waals surface area contributed by atoms with Crippen molar-refractivity contribution >= 4 is 11.3 Å². The number of anilines is 1. The van der Waals surface area contributed by atoms with Crippen molar-refractivity contribution in [3.63, 3.8) is 0 Å². The van der Waals surface area contributed by atoms with E-state index in [0.29, 0.717) is 18.0 Å². The van der Waals surface area contributed by atoms with Crippen LogP contribution in [0.15, 0.2) is 42.7 Å². The van der Waals surface area contributed by atoms with Crippen molar-refractivity contribution in [2.24, 2.45) is 0 Å². The van der Waals surface area contributed by atoms with Gasteiger partial charge in [0.05, 0.1) is 18.5 Å². The van der Waals surface area contributed by atoms with Crippen LogP contribution in [0.25, 0.3) is 16.9 Å². The van der Waals surface area contributed by atoms with E-state index in [0.717, 1.165) is 29.2 Å². The predicted octanol–water partition coefficient (Wildman–Crippen LogP) is 3.07. The second-order valence-corrected chi connectivity index (χ2v) is 6.58. The summed E-state index contributed by atoms with van der Waals surface area (Å²) in [6, 6.07) is 9.66. The third kappa shape index (κ3) is 3.32. The Kier molecular flexibility index (Phi) is 4.67. The van der Waals surface area contributed by atoms with Gasteiger partial charge in [-0.1, -0.05) is 0 Å². The molecule has 0 unspecified atom stereocenters. The monoisotopic (exact) mass is 352 g/mol. The fraction of sp³-hybridized carbons (Fsp3) is 0.350. The lowest BCUT2D eigenvalue weighted by molar-refractivity contribution is 0.239. The number of nitrogens with two attached hydrogens (primary N) is 1. The summed E-state index contributed by atoms with van der Waals surface area (Å²) < 4.78 is 13.2. The topological polar surface area (TPSA) is 65.0 Å². The van der Waals surface area contributed by atoms with Crippen molar-refractivity contribution in [3.05, 3.63) is 42.7 Å². The van der Waals surface area contributed by atoms with Gasteiger partial charge in [-0.05, 0) is 56.3 Å². The van der Waals surface area contributed by atoms with Crippen LogP contribution in [0.3, 0.4) is 0 Å². The Morgan fingerprint density at radius 1 is 1.15 bits per heavy atom. The fourth-order valence-corrected chi connectivity index (χ4v) is 3.42. The zero-order chi connectivity index (χ0) is 17.9. The number of pyridine rings is 1. The number of ether oxygens (including phenoxy) is 2. The number of hydrogen-bond donors (Lipinski definition) is 1. The molecule has 136 valence electrons. The molecule has 1 aromatic carbocycles. The summed E-state index contributed by atoms with van der Waals surface area (Å²) in [6.07, 6.45) is 6.56. The normalized spacial score (nSPS) is 14.8. The molecule has 4 rings (SSSR count). The van der Waals surface area contributed by atoms with Gasteiger partial charge in [0.1, 0.15) is 12.4 Å². The molecule has 26 heavy (non-hydrogen) atoms. The first-order chi connectivity index (χ1) is 12.7. The van der Waals surface area contributed by atoms with Crippen LogP contribution in [0.1, 0.15) is 12.8 Å². The summed E-state index contributed by atoms with van der Waals surface area (Å²) in [4.78, 5) is 7.20. The van der Waals surface area contributed by atoms with E-state index in [1.54, 1.807) is 7.11 Å². The van der Waals surface area contributed by atoms with Gasteiger partial charge < -0.3 is 19.6 Å². The van der Waals surface area contributed by atoms with Gasteiger partial charge in [-0.2, -0.15) is 0 Å². The van der Waals surface area contributed by atoms with E-state index in [4.69, 9.17) is 20.2 Å². The summed E-state index contributed by atoms with van der Waals surface area (Å²) >= 11 is 0. The Hall–Kier alpha value is -2.73. The molecule has 6 heteroatoms. The second kappa shape index (κ2) is 7.25. The minimum absolute atomic E-state index is 0.601. The summed E-state index contributed by atoms with van der Waals surface area (Å²) in [5.74, 6) is 1.47. The lowest BCUT2D eigenvalue weighted by Gasteiger charge is -2.15. The number of imidazole rings is 1. The van der Waals surface area contributed by atoms with Crippen LogP contribution in [-0.4, -0.2) is 47.6 Å². The first-order valence-corrected chi connectivity index (χ1v) is 9.01. The highest BCUT2D eigenvalue weighted by Crippen LogP contribution is 2.29. The van der Waals surface area contributed by atoms with Crippen LogP contribution in [0.4, 0.5) is 5.69 Å². The summed E-state index contributed by atoms with van der Waals surface area (Å²) in [6.45, 7) is 4.00. The third-order valence-corrected chi connectivity index (χ3v) is 4.84. The molecular formula is C20H24N4O2. The first kappa shape index (κ1) is 16.7. The van der Waals surface area contributed by atoms with Gasteiger partial charge in [0, 0.05) is 24.5 Å². The highest BCUT2D eigenvalue weighted by Gasteiger charge is 2.13. The Bertz CT molecular complexity index is 900. The second-order valence-electron chi connectivity index (χ2n) is 6.58. The van der Waals surface area contributed by atoms with E-state index < -0.39 is 0 Å². The van der Waals surface area contributed by atoms with Crippen molar-refractivity contribution in [3.8, 4) is 22.8 Å². The van der Waals surface area contributed by atoms with E-state index in [9.17, 15) is 0 Å². The largest absolute Gasteiger partial charge is 0.495 e. The zero-order valence-corrected chi connectivity index (χ0v) is 15.0. The van der Waals surface area contributed by atoms with Crippen LogP contribution >= 0.6 is 0 Å². The minimum atomic E-state index is 0.601. The Morgan fingerprint density at radius 3 is 2.77 bits per heavy atom. The molecule has 0 spiro atoms. The Morgan fingerprint density at radius 2 is 2.00 bits per heavy atom. The Labute approximate surface area is 153 Å². The van der Waals surface area contributed by atoms with Gasteiger partial charge in [-0.25, -0.2) is 4.98 Å². The SMILES string of the molecule is COc1ccc(-c2cn3cccc(OCCN4CCCC4)c3n2)cc1N. The maximum Gasteiger partial charge on any atom is 0.180 e. The zero-order valence-electron chi connectivity index (χ0n) is 15.0. The smallest absolute Gasteiger partial charge is 0.180 e. The van der Waals surface area contributed by atoms with Crippen LogP contribution in [-0.2, 0) is 0 Å². The average Bonchev–Trinajstić information content (AvgIpc) is 3.31. The number of aromatic nitrogens is 2. The molecule has 0 aliphatic carbocycles. The van der Waals surface area contributed by atoms with Gasteiger partial charge in [0.25, 0.3) is 0 Å². The number of methoxy groups -OCH3 is 1. The van der Waals surface area contributed by atoms with Crippen molar-refractivity contribution in [1.29, 1.82) is 0 Å². The average molecular weight is 352 g/mol. The van der Waals surface area contributed by atoms with E-state index in [1.165, 1.54) is 25.9 Å². The van der Waals surface area contributed by atoms with Gasteiger partial charge in [-0.15, -0.1) is 0 Å². The first-order valence-electron chi connectivity index (χ1n) is 9.01. The van der Waals surface area contributed by atoms with Gasteiger partial charge in [0.15, 0.2) is 11.4 Å². The van der Waals surface area contributed by atoms with E-state index in [-0.39, 0.29) is 0 Å². The number of benzene rings is 1. The molecule has 0 bridgehead atoms. The molecule has 0 atom stereocenters. The standard InChI is InChI=1S/C20H24N4O2/c1-25-18-7-6-15(13-16(18)21)17-14-24-10-4-5-19(20(24)22-17)26-12-11-23-8-2-3-9-23/h4-7,10,13-14H,2-3,8-9,11-12,21H2,1H3. The quantitative estimate of drug-likeness (QED) is 0.691. The van der Waals surface area contributed by atoms with E-state index in [1.807, 2.05) is 47.1 Å². The Balaban J connectivity index is 1.55. The molecule has 1 saturated heterocycles. The van der Waals surface area contributed by atoms with E-state index in [2.05, 4.69) is 4.90 Å². The van der Waals surface area contributed by atoms with Crippen LogP contribution in [0.2, 0.25) is 0 Å². The highest BCUT2D eigenvalue weighted by atomic mass is 16.5. The van der Waals surface area contributed by atoms with Crippen molar-refractivity contribution < 1.29 is 9.47 Å². The van der Waals surface area contributed by atoms with Gasteiger partial charge in [-0.3, -0.25) is 4.90 Å². The molecular weight excluding hydrogens is 328 g/mol. The van der Waals surface area contributed by atoms with Crippen molar-refractivity contribution in [2.75, 3.05) is 39.1 Å². The van der Waals surface area contributed by atoms with Crippen LogP contribution in [0, 0.1) is 0 Å². The third-order valence-electron chi connectivity index (χ3n) is 4.84. The van der Waals surface area contributed by atoms with Crippen LogP contribution < -0.4 is 15.2 Å². The minimum Gasteiger partial charge on any atom is -0.495 e. The number of nitrogens with zero attached hydrogens (tertiary/aromatic N) is 3. The van der Waals surface area contributed by atoms with Crippen LogP contribution in [0.5, 0.6) is 11.5 Å². The molecule has 6 nitrogen and oxygen atoms in total. The van der Waals surface area contributed by atoms with Gasteiger partial charge in [0.2, 0.25) is 0 Å². The number of nitrogen functional groups attached to an aromatic ring is 1. The maximum absolute atomic E-state index is 6.03. The lowest BCUT2D eigenvalue weighted by Crippen LogP contribution is -2.25. The summed E-state index contributed by atoms with van der Waals surface area (Å²) in [5, 5.41) is 0. The number of hydrogen-bond acceptors (Lipinski definition) is 5. The molecule has 1 aliphatic rings. The lowest BCUT2D eigenvalue weighted by atomic mass is 10.1. The number of fused-ring (bicyclic) bond motifs is 1. The molecule has 2 N–H and O–H groups in total. The molecule has 0 radical (unpaired) electrons. The van der Waals surface area contributed by atoms with Crippen molar-refractivity contribution in [1.82, 2.24) is 14.3 Å².